The summed E-state index contributed by atoms with van der Waals surface area (Å²) in [6.45, 7) is 1.97. The van der Waals surface area contributed by atoms with E-state index in [4.69, 9.17) is 0 Å². The number of rotatable bonds is 1. The lowest BCUT2D eigenvalue weighted by atomic mass is 9.88. The Hall–Kier alpha value is -0.860. The van der Waals surface area contributed by atoms with Crippen LogP contribution in [0.15, 0.2) is 30.3 Å². The Bertz CT molecular complexity index is 286. The minimum atomic E-state index is -0.173. The Labute approximate surface area is 85.2 Å². The van der Waals surface area contributed by atoms with Crippen LogP contribution in [0.3, 0.4) is 0 Å². The monoisotopic (exact) mass is 191 g/mol. The first-order valence-corrected chi connectivity index (χ1v) is 5.19. The van der Waals surface area contributed by atoms with E-state index in [0.717, 1.165) is 19.5 Å². The van der Waals surface area contributed by atoms with Gasteiger partial charge >= 0.3 is 0 Å². The molecule has 2 heteroatoms. The number of hydrogen-bond donors (Lipinski definition) is 1. The van der Waals surface area contributed by atoms with Gasteiger partial charge in [0, 0.05) is 19.0 Å². The Balaban J connectivity index is 2.16. The highest BCUT2D eigenvalue weighted by Crippen LogP contribution is 2.26. The molecule has 0 saturated carbocycles. The molecule has 0 unspecified atom stereocenters. The average Bonchev–Trinajstić information content (AvgIpc) is 2.23. The molecule has 2 atom stereocenters. The third kappa shape index (κ3) is 1.97. The van der Waals surface area contributed by atoms with E-state index in [0.29, 0.717) is 0 Å². The highest BCUT2D eigenvalue weighted by atomic mass is 16.3. The zero-order valence-electron chi connectivity index (χ0n) is 8.56. The molecule has 76 valence electrons. The maximum atomic E-state index is 9.91. The molecule has 2 nitrogen and oxygen atoms in total. The van der Waals surface area contributed by atoms with Crippen molar-refractivity contribution < 1.29 is 5.11 Å². The Morgan fingerprint density at radius 2 is 2.00 bits per heavy atom. The molecule has 14 heavy (non-hydrogen) atoms. The first-order chi connectivity index (χ1) is 6.77. The lowest BCUT2D eigenvalue weighted by Crippen LogP contribution is -2.39. The minimum absolute atomic E-state index is 0.173. The minimum Gasteiger partial charge on any atom is -0.392 e. The number of benzene rings is 1. The summed E-state index contributed by atoms with van der Waals surface area (Å²) < 4.78 is 0. The molecule has 1 heterocycles. The topological polar surface area (TPSA) is 23.5 Å². The zero-order valence-corrected chi connectivity index (χ0v) is 8.56. The van der Waals surface area contributed by atoms with Gasteiger partial charge in [-0.1, -0.05) is 30.3 Å². The van der Waals surface area contributed by atoms with Gasteiger partial charge in [0.25, 0.3) is 0 Å². The van der Waals surface area contributed by atoms with Gasteiger partial charge in [0.05, 0.1) is 6.10 Å². The van der Waals surface area contributed by atoms with Gasteiger partial charge in [0.15, 0.2) is 0 Å². The van der Waals surface area contributed by atoms with Crippen LogP contribution in [0.4, 0.5) is 0 Å². The maximum absolute atomic E-state index is 9.91. The summed E-state index contributed by atoms with van der Waals surface area (Å²) in [5, 5.41) is 9.91. The third-order valence-electron chi connectivity index (χ3n) is 3.01. The molecular weight excluding hydrogens is 174 g/mol. The van der Waals surface area contributed by atoms with Crippen molar-refractivity contribution in [2.24, 2.45) is 0 Å². The molecule has 0 aromatic heterocycles. The second-order valence-electron chi connectivity index (χ2n) is 4.14. The lowest BCUT2D eigenvalue weighted by molar-refractivity contribution is 0.0709. The number of nitrogens with zero attached hydrogens (tertiary/aromatic N) is 1. The molecular formula is C12H17NO. The van der Waals surface area contributed by atoms with Gasteiger partial charge in [-0.3, -0.25) is 0 Å². The van der Waals surface area contributed by atoms with Crippen LogP contribution in [0.1, 0.15) is 17.9 Å². The van der Waals surface area contributed by atoms with Gasteiger partial charge < -0.3 is 10.0 Å². The van der Waals surface area contributed by atoms with Gasteiger partial charge in [-0.25, -0.2) is 0 Å². The zero-order chi connectivity index (χ0) is 9.97. The Kier molecular flexibility index (Phi) is 2.85. The van der Waals surface area contributed by atoms with E-state index in [-0.39, 0.29) is 12.0 Å². The average molecular weight is 191 g/mol. The molecule has 1 aromatic carbocycles. The highest BCUT2D eigenvalue weighted by molar-refractivity contribution is 5.21. The van der Waals surface area contributed by atoms with Crippen LogP contribution in [0.2, 0.25) is 0 Å². The van der Waals surface area contributed by atoms with Crippen molar-refractivity contribution in [3.8, 4) is 0 Å². The van der Waals surface area contributed by atoms with Crippen molar-refractivity contribution in [1.82, 2.24) is 4.90 Å². The molecule has 1 aliphatic heterocycles. The first-order valence-electron chi connectivity index (χ1n) is 5.19. The van der Waals surface area contributed by atoms with Gasteiger partial charge in [0.2, 0.25) is 0 Å². The summed E-state index contributed by atoms with van der Waals surface area (Å²) in [4.78, 5) is 2.28. The van der Waals surface area contributed by atoms with Crippen molar-refractivity contribution in [3.05, 3.63) is 35.9 Å². The number of aliphatic hydroxyl groups is 1. The molecule has 0 bridgehead atoms. The number of likely N-dealkylation sites (N-methyl/N-ethyl adjacent to an activating group) is 1. The van der Waals surface area contributed by atoms with E-state index in [9.17, 15) is 5.11 Å². The summed E-state index contributed by atoms with van der Waals surface area (Å²) in [5.74, 6) is 0.287. The highest BCUT2D eigenvalue weighted by Gasteiger charge is 2.26. The second-order valence-corrected chi connectivity index (χ2v) is 4.14. The van der Waals surface area contributed by atoms with E-state index in [1.165, 1.54) is 5.56 Å². The van der Waals surface area contributed by atoms with Gasteiger partial charge in [0.1, 0.15) is 0 Å². The molecule has 1 fully saturated rings. The Morgan fingerprint density at radius 1 is 1.29 bits per heavy atom. The van der Waals surface area contributed by atoms with E-state index >= 15 is 0 Å². The second kappa shape index (κ2) is 4.11. The molecule has 1 saturated heterocycles. The summed E-state index contributed by atoms with van der Waals surface area (Å²) in [7, 11) is 2.11. The predicted octanol–water partition coefficient (Wildman–Crippen LogP) is 1.47. The fraction of sp³-hybridized carbons (Fsp3) is 0.500. The van der Waals surface area contributed by atoms with Gasteiger partial charge in [-0.2, -0.15) is 0 Å². The van der Waals surface area contributed by atoms with Crippen molar-refractivity contribution in [2.45, 2.75) is 18.4 Å². The van der Waals surface area contributed by atoms with Crippen molar-refractivity contribution in [2.75, 3.05) is 20.1 Å². The smallest absolute Gasteiger partial charge is 0.0633 e. The normalized spacial score (nSPS) is 29.0. The summed E-state index contributed by atoms with van der Waals surface area (Å²) >= 11 is 0. The quantitative estimate of drug-likeness (QED) is 0.726. The molecule has 0 aliphatic carbocycles. The van der Waals surface area contributed by atoms with E-state index in [2.05, 4.69) is 24.1 Å². The maximum Gasteiger partial charge on any atom is 0.0633 e. The van der Waals surface area contributed by atoms with E-state index in [1.54, 1.807) is 0 Å². The van der Waals surface area contributed by atoms with Crippen molar-refractivity contribution in [1.29, 1.82) is 0 Å². The Morgan fingerprint density at radius 3 is 2.71 bits per heavy atom. The van der Waals surface area contributed by atoms with Crippen LogP contribution in [0.25, 0.3) is 0 Å². The van der Waals surface area contributed by atoms with Gasteiger partial charge in [-0.05, 0) is 19.0 Å². The molecule has 1 N–H and O–H groups in total. The molecule has 1 aromatic rings. The molecule has 0 radical (unpaired) electrons. The molecule has 0 spiro atoms. The standard InChI is InChI=1S/C12H17NO/c1-13-8-7-12(14)11(9-13)10-5-3-2-4-6-10/h2-6,11-12,14H,7-9H2,1H3/t11-,12+/m0/s1. The summed E-state index contributed by atoms with van der Waals surface area (Å²) in [5.41, 5.74) is 1.26. The van der Waals surface area contributed by atoms with Crippen LogP contribution in [-0.2, 0) is 0 Å². The van der Waals surface area contributed by atoms with Crippen LogP contribution in [0.5, 0.6) is 0 Å². The first kappa shape index (κ1) is 9.69. The van der Waals surface area contributed by atoms with Gasteiger partial charge in [-0.15, -0.1) is 0 Å². The van der Waals surface area contributed by atoms with E-state index in [1.807, 2.05) is 18.2 Å². The van der Waals surface area contributed by atoms with Crippen molar-refractivity contribution in [3.63, 3.8) is 0 Å². The number of aliphatic hydroxyl groups excluding tert-OH is 1. The molecule has 1 aliphatic rings. The van der Waals surface area contributed by atoms with E-state index < -0.39 is 0 Å². The van der Waals surface area contributed by atoms with Crippen LogP contribution in [0, 0.1) is 0 Å². The fourth-order valence-electron chi connectivity index (χ4n) is 2.13. The van der Waals surface area contributed by atoms with Crippen LogP contribution < -0.4 is 0 Å². The largest absolute Gasteiger partial charge is 0.392 e. The number of hydrogen-bond acceptors (Lipinski definition) is 2. The molecule has 2 rings (SSSR count). The third-order valence-corrected chi connectivity index (χ3v) is 3.01. The fourth-order valence-corrected chi connectivity index (χ4v) is 2.13. The van der Waals surface area contributed by atoms with Crippen LogP contribution in [-0.4, -0.2) is 36.2 Å². The lowest BCUT2D eigenvalue weighted by Gasteiger charge is -2.34. The number of likely N-dealkylation sites (tertiary alicyclic amines) is 1. The summed E-state index contributed by atoms with van der Waals surface area (Å²) in [6.07, 6.45) is 0.712. The molecule has 0 amide bonds. The van der Waals surface area contributed by atoms with Crippen molar-refractivity contribution >= 4 is 0 Å². The predicted molar refractivity (Wildman–Crippen MR) is 57.3 cm³/mol. The van der Waals surface area contributed by atoms with Crippen LogP contribution >= 0.6 is 0 Å². The SMILES string of the molecule is CN1CC[C@@H](O)[C@H](c2ccccc2)C1. The number of piperidine rings is 1. The summed E-state index contributed by atoms with van der Waals surface area (Å²) in [6, 6.07) is 10.3.